The number of thioether (sulfide) groups is 1. The van der Waals surface area contributed by atoms with Crippen molar-refractivity contribution in [3.05, 3.63) is 35.9 Å². The molecule has 4 unspecified atom stereocenters. The second-order valence-corrected chi connectivity index (χ2v) is 7.46. The van der Waals surface area contributed by atoms with E-state index in [1.54, 1.807) is 0 Å². The third-order valence-corrected chi connectivity index (χ3v) is 5.50. The average molecular weight is 404 g/mol. The SMILES string of the molecule is Cc1cccc(CSc2nc(N)nc3c2ncn3C2OC(CO)C(O)C2O)n1. The Bertz CT molecular complexity index is 999. The fourth-order valence-electron chi connectivity index (χ4n) is 3.13. The number of nitrogens with two attached hydrogens (primary N) is 1. The summed E-state index contributed by atoms with van der Waals surface area (Å²) in [5.41, 5.74) is 8.59. The minimum Gasteiger partial charge on any atom is -0.394 e. The van der Waals surface area contributed by atoms with Crippen LogP contribution in [0.25, 0.3) is 11.2 Å². The molecule has 4 heterocycles. The van der Waals surface area contributed by atoms with Crippen molar-refractivity contribution < 1.29 is 20.1 Å². The van der Waals surface area contributed by atoms with Gasteiger partial charge in [-0.15, -0.1) is 0 Å². The van der Waals surface area contributed by atoms with Gasteiger partial charge in [0.1, 0.15) is 28.9 Å². The van der Waals surface area contributed by atoms with Gasteiger partial charge in [-0.05, 0) is 19.1 Å². The molecule has 3 aromatic rings. The van der Waals surface area contributed by atoms with E-state index in [9.17, 15) is 15.3 Å². The Balaban J connectivity index is 1.65. The van der Waals surface area contributed by atoms with Gasteiger partial charge in [-0.25, -0.2) is 9.97 Å². The van der Waals surface area contributed by atoms with Crippen molar-refractivity contribution in [2.24, 2.45) is 0 Å². The summed E-state index contributed by atoms with van der Waals surface area (Å²) >= 11 is 1.43. The first-order valence-corrected chi connectivity index (χ1v) is 9.64. The van der Waals surface area contributed by atoms with Crippen LogP contribution in [0.15, 0.2) is 29.6 Å². The van der Waals surface area contributed by atoms with E-state index in [4.69, 9.17) is 10.5 Å². The highest BCUT2D eigenvalue weighted by atomic mass is 32.2. The number of anilines is 1. The van der Waals surface area contributed by atoms with Gasteiger partial charge in [0.25, 0.3) is 0 Å². The van der Waals surface area contributed by atoms with E-state index in [1.807, 2.05) is 25.1 Å². The lowest BCUT2D eigenvalue weighted by Gasteiger charge is -2.16. The number of nitrogen functional groups attached to an aromatic ring is 1. The zero-order valence-electron chi connectivity index (χ0n) is 15.0. The van der Waals surface area contributed by atoms with Crippen molar-refractivity contribution in [3.63, 3.8) is 0 Å². The molecule has 148 valence electrons. The van der Waals surface area contributed by atoms with E-state index in [0.717, 1.165) is 11.4 Å². The van der Waals surface area contributed by atoms with Gasteiger partial charge in [0.2, 0.25) is 5.95 Å². The van der Waals surface area contributed by atoms with Crippen LogP contribution in [0.4, 0.5) is 5.95 Å². The first kappa shape index (κ1) is 19.0. The van der Waals surface area contributed by atoms with Crippen molar-refractivity contribution in [2.75, 3.05) is 12.3 Å². The lowest BCUT2D eigenvalue weighted by atomic mass is 10.1. The number of aryl methyl sites for hydroxylation is 1. The fraction of sp³-hybridized carbons (Fsp3) is 0.412. The van der Waals surface area contributed by atoms with Gasteiger partial charge < -0.3 is 25.8 Å². The molecule has 28 heavy (non-hydrogen) atoms. The van der Waals surface area contributed by atoms with Crippen molar-refractivity contribution in [1.29, 1.82) is 0 Å². The number of pyridine rings is 1. The summed E-state index contributed by atoms with van der Waals surface area (Å²) in [6.07, 6.45) is -2.83. The molecule has 1 fully saturated rings. The van der Waals surface area contributed by atoms with Crippen LogP contribution < -0.4 is 5.73 Å². The zero-order chi connectivity index (χ0) is 19.8. The molecule has 0 amide bonds. The van der Waals surface area contributed by atoms with Crippen molar-refractivity contribution >= 4 is 28.9 Å². The maximum absolute atomic E-state index is 10.3. The Hall–Kier alpha value is -2.31. The molecule has 1 aliphatic rings. The number of imidazole rings is 1. The molecule has 1 aliphatic heterocycles. The first-order chi connectivity index (χ1) is 13.5. The third-order valence-electron chi connectivity index (χ3n) is 4.50. The summed E-state index contributed by atoms with van der Waals surface area (Å²) in [4.78, 5) is 17.3. The molecule has 0 radical (unpaired) electrons. The van der Waals surface area contributed by atoms with Gasteiger partial charge >= 0.3 is 0 Å². The number of aromatic nitrogens is 5. The molecule has 0 saturated carbocycles. The molecule has 5 N–H and O–H groups in total. The van der Waals surface area contributed by atoms with Gasteiger partial charge in [-0.2, -0.15) is 4.98 Å². The smallest absolute Gasteiger partial charge is 0.223 e. The molecule has 1 saturated heterocycles. The van der Waals surface area contributed by atoms with E-state index >= 15 is 0 Å². The summed E-state index contributed by atoms with van der Waals surface area (Å²) in [6.45, 7) is 1.51. The van der Waals surface area contributed by atoms with Crippen LogP contribution in [0.1, 0.15) is 17.6 Å². The molecule has 3 aromatic heterocycles. The minimum absolute atomic E-state index is 0.0562. The molecule has 4 atom stereocenters. The summed E-state index contributed by atoms with van der Waals surface area (Å²) in [5, 5.41) is 30.2. The number of ether oxygens (including phenoxy) is 1. The predicted octanol–water partition coefficient (Wildman–Crippen LogP) is 0.0157. The van der Waals surface area contributed by atoms with Crippen LogP contribution in [0.3, 0.4) is 0 Å². The number of fused-ring (bicyclic) bond motifs is 1. The van der Waals surface area contributed by atoms with Crippen LogP contribution in [0.2, 0.25) is 0 Å². The predicted molar refractivity (Wildman–Crippen MR) is 101 cm³/mol. The van der Waals surface area contributed by atoms with Gasteiger partial charge in [0.05, 0.1) is 18.6 Å². The molecule has 10 nitrogen and oxygen atoms in total. The topological polar surface area (TPSA) is 152 Å². The second-order valence-electron chi connectivity index (χ2n) is 6.50. The molecular formula is C17H20N6O4S. The molecule has 4 rings (SSSR count). The van der Waals surface area contributed by atoms with Crippen molar-refractivity contribution in [1.82, 2.24) is 24.5 Å². The maximum atomic E-state index is 10.3. The zero-order valence-corrected chi connectivity index (χ0v) is 15.8. The number of rotatable bonds is 5. The van der Waals surface area contributed by atoms with E-state index in [-0.39, 0.29) is 5.95 Å². The highest BCUT2D eigenvalue weighted by molar-refractivity contribution is 7.98. The van der Waals surface area contributed by atoms with E-state index in [0.29, 0.717) is 21.9 Å². The van der Waals surface area contributed by atoms with Gasteiger partial charge in [-0.3, -0.25) is 9.55 Å². The number of nitrogens with zero attached hydrogens (tertiary/aromatic N) is 5. The molecular weight excluding hydrogens is 384 g/mol. The van der Waals surface area contributed by atoms with Crippen LogP contribution in [0, 0.1) is 6.92 Å². The van der Waals surface area contributed by atoms with E-state index in [2.05, 4.69) is 19.9 Å². The van der Waals surface area contributed by atoms with Crippen LogP contribution in [-0.4, -0.2) is 64.7 Å². The number of hydrogen-bond donors (Lipinski definition) is 4. The molecule has 0 spiro atoms. The normalized spacial score (nSPS) is 24.9. The summed E-state index contributed by atoms with van der Waals surface area (Å²) < 4.78 is 7.06. The number of aliphatic hydroxyl groups excluding tert-OH is 3. The second kappa shape index (κ2) is 7.60. The fourth-order valence-corrected chi connectivity index (χ4v) is 4.01. The highest BCUT2D eigenvalue weighted by Gasteiger charge is 2.44. The molecule has 11 heteroatoms. The van der Waals surface area contributed by atoms with Crippen LogP contribution >= 0.6 is 11.8 Å². The highest BCUT2D eigenvalue weighted by Crippen LogP contribution is 2.34. The summed E-state index contributed by atoms with van der Waals surface area (Å²) in [6, 6.07) is 5.80. The van der Waals surface area contributed by atoms with Gasteiger partial charge in [0.15, 0.2) is 11.9 Å². The largest absolute Gasteiger partial charge is 0.394 e. The lowest BCUT2D eigenvalue weighted by molar-refractivity contribution is -0.0511. The van der Waals surface area contributed by atoms with Crippen molar-refractivity contribution in [3.8, 4) is 0 Å². The first-order valence-electron chi connectivity index (χ1n) is 8.65. The van der Waals surface area contributed by atoms with E-state index < -0.39 is 31.1 Å². The summed E-state index contributed by atoms with van der Waals surface area (Å²) in [7, 11) is 0. The Morgan fingerprint density at radius 2 is 2.04 bits per heavy atom. The Kier molecular flexibility index (Phi) is 5.17. The Labute approximate surface area is 164 Å². The molecule has 0 bridgehead atoms. The molecule has 0 aromatic carbocycles. The van der Waals surface area contributed by atoms with Crippen molar-refractivity contribution in [2.45, 2.75) is 42.2 Å². The van der Waals surface area contributed by atoms with Gasteiger partial charge in [-0.1, -0.05) is 17.8 Å². The monoisotopic (exact) mass is 404 g/mol. The van der Waals surface area contributed by atoms with Crippen LogP contribution in [0.5, 0.6) is 0 Å². The lowest BCUT2D eigenvalue weighted by Crippen LogP contribution is -2.33. The molecule has 0 aliphatic carbocycles. The van der Waals surface area contributed by atoms with E-state index in [1.165, 1.54) is 22.7 Å². The van der Waals surface area contributed by atoms with Gasteiger partial charge in [0, 0.05) is 11.4 Å². The Morgan fingerprint density at radius 1 is 1.21 bits per heavy atom. The summed E-state index contributed by atoms with van der Waals surface area (Å²) in [5.74, 6) is 0.634. The third kappa shape index (κ3) is 3.42. The maximum Gasteiger partial charge on any atom is 0.223 e. The number of hydrogen-bond acceptors (Lipinski definition) is 10. The minimum atomic E-state index is -1.24. The van der Waals surface area contributed by atoms with Crippen LogP contribution in [-0.2, 0) is 10.5 Å². The number of aliphatic hydroxyl groups is 3. The standard InChI is InChI=1S/C17H20N6O4S/c1-8-3-2-4-9(20-8)6-28-15-11-14(21-17(18)22-15)23(7-19-11)16-13(26)12(25)10(5-24)27-16/h2-4,7,10,12-13,16,24-26H,5-6H2,1H3,(H2,18,21,22). The average Bonchev–Trinajstić information content (AvgIpc) is 3.21. The quantitative estimate of drug-likeness (QED) is 0.338. The Morgan fingerprint density at radius 3 is 2.75 bits per heavy atom.